The van der Waals surface area contributed by atoms with Crippen molar-refractivity contribution in [1.29, 1.82) is 0 Å². The molecule has 2 aromatic heterocycles. The Balaban J connectivity index is 1.21. The normalized spacial score (nSPS) is 13.1. The van der Waals surface area contributed by atoms with E-state index in [1.165, 1.54) is 50.4 Å². The molecule has 0 bridgehead atoms. The van der Waals surface area contributed by atoms with E-state index in [1.807, 2.05) is 12.1 Å². The van der Waals surface area contributed by atoms with Gasteiger partial charge < -0.3 is 14.6 Å². The van der Waals surface area contributed by atoms with Crippen LogP contribution >= 0.6 is 11.3 Å². The topological polar surface area (TPSA) is 49.8 Å². The summed E-state index contributed by atoms with van der Waals surface area (Å²) in [4.78, 5) is 18.7. The third kappa shape index (κ3) is 5.33. The fourth-order valence-electron chi connectivity index (χ4n) is 8.09. The van der Waals surface area contributed by atoms with Gasteiger partial charge in [-0.1, -0.05) is 86.6 Å². The number of hydrogen-bond donors (Lipinski definition) is 1. The molecule has 1 N–H and O–H groups in total. The highest BCUT2D eigenvalue weighted by Gasteiger charge is 2.41. The summed E-state index contributed by atoms with van der Waals surface area (Å²) in [6.07, 6.45) is 3.39. The van der Waals surface area contributed by atoms with Gasteiger partial charge in [0.2, 0.25) is 0 Å². The van der Waals surface area contributed by atoms with Gasteiger partial charge in [0.15, 0.2) is 0 Å². The molecule has 254 valence electrons. The molecule has 5 aromatic carbocycles. The molecule has 7 aromatic rings. The monoisotopic (exact) mass is 695 g/mol. The Kier molecular flexibility index (Phi) is 8.37. The molecular weight excluding hydrogens is 659 g/mol. The summed E-state index contributed by atoms with van der Waals surface area (Å²) in [6, 6.07) is 47.9. The number of rotatable bonds is 9. The summed E-state index contributed by atoms with van der Waals surface area (Å²) in [5.74, 6) is -1.21. The van der Waals surface area contributed by atoms with Crippen LogP contribution in [0.5, 0.6) is 0 Å². The second kappa shape index (κ2) is 13.2. The fourth-order valence-corrected chi connectivity index (χ4v) is 9.10. The molecule has 1 aliphatic carbocycles. The first-order valence-electron chi connectivity index (χ1n) is 17.6. The molecule has 0 spiro atoms. The maximum absolute atomic E-state index is 11.4. The SMILES string of the molecule is [C-]#[N+]C(=Cc1ccc(-c2ccc(-c3ccc4c(c3)C(CC)(CC)c3cc(N(c5ccccc5)c5cccc6ccccc56)ccc3-4)n2C)s1)C(=O)O. The van der Waals surface area contributed by atoms with Gasteiger partial charge in [-0.25, -0.2) is 4.85 Å². The van der Waals surface area contributed by atoms with Crippen molar-refractivity contribution in [2.45, 2.75) is 32.1 Å². The van der Waals surface area contributed by atoms with Gasteiger partial charge in [-0.2, -0.15) is 0 Å². The minimum absolute atomic E-state index is 0.147. The second-order valence-corrected chi connectivity index (χ2v) is 14.4. The average molecular weight is 696 g/mol. The Morgan fingerprint density at radius 3 is 2.23 bits per heavy atom. The minimum atomic E-state index is -1.21. The first-order valence-corrected chi connectivity index (χ1v) is 18.4. The zero-order chi connectivity index (χ0) is 36.0. The molecule has 0 amide bonds. The van der Waals surface area contributed by atoms with Gasteiger partial charge in [-0.05, 0) is 113 Å². The van der Waals surface area contributed by atoms with Crippen molar-refractivity contribution in [1.82, 2.24) is 4.57 Å². The lowest BCUT2D eigenvalue weighted by molar-refractivity contribution is -0.132. The van der Waals surface area contributed by atoms with Gasteiger partial charge in [-0.15, -0.1) is 11.3 Å². The van der Waals surface area contributed by atoms with E-state index >= 15 is 0 Å². The quantitative estimate of drug-likeness (QED) is 0.121. The number of carboxylic acids is 1. The molecule has 0 aliphatic heterocycles. The van der Waals surface area contributed by atoms with Gasteiger partial charge >= 0.3 is 5.97 Å². The zero-order valence-electron chi connectivity index (χ0n) is 29.3. The van der Waals surface area contributed by atoms with E-state index < -0.39 is 5.97 Å². The number of aliphatic carboxylic acids is 1. The molecule has 0 saturated carbocycles. The first kappa shape index (κ1) is 33.0. The number of aromatic nitrogens is 1. The molecule has 0 fully saturated rings. The number of carboxylic acid groups (broad SMARTS) is 1. The van der Waals surface area contributed by atoms with Crippen LogP contribution in [0, 0.1) is 6.57 Å². The average Bonchev–Trinajstić information content (AvgIpc) is 3.88. The smallest absolute Gasteiger partial charge is 0.333 e. The van der Waals surface area contributed by atoms with Crippen LogP contribution in [0.2, 0.25) is 0 Å². The number of thiophene rings is 1. The summed E-state index contributed by atoms with van der Waals surface area (Å²) in [7, 11) is 2.08. The minimum Gasteiger partial charge on any atom is -0.486 e. The maximum atomic E-state index is 11.4. The molecule has 0 radical (unpaired) electrons. The van der Waals surface area contributed by atoms with Crippen LogP contribution in [-0.2, 0) is 17.3 Å². The van der Waals surface area contributed by atoms with Crippen LogP contribution in [0.1, 0.15) is 42.7 Å². The number of carbonyl (C=O) groups is 1. The molecule has 5 nitrogen and oxygen atoms in total. The third-order valence-corrected chi connectivity index (χ3v) is 11.8. The number of fused-ring (bicyclic) bond motifs is 4. The van der Waals surface area contributed by atoms with Crippen molar-refractivity contribution in [3.8, 4) is 33.0 Å². The van der Waals surface area contributed by atoms with E-state index in [0.29, 0.717) is 0 Å². The van der Waals surface area contributed by atoms with Crippen molar-refractivity contribution < 1.29 is 9.90 Å². The van der Waals surface area contributed by atoms with Gasteiger partial charge in [0.1, 0.15) is 0 Å². The molecule has 0 saturated heterocycles. The molecule has 52 heavy (non-hydrogen) atoms. The van der Waals surface area contributed by atoms with Crippen LogP contribution in [0.15, 0.2) is 139 Å². The van der Waals surface area contributed by atoms with Crippen molar-refractivity contribution in [2.75, 3.05) is 4.90 Å². The number of nitrogens with zero attached hydrogens (tertiary/aromatic N) is 3. The second-order valence-electron chi connectivity index (χ2n) is 13.3. The maximum Gasteiger partial charge on any atom is 0.333 e. The first-order chi connectivity index (χ1) is 25.4. The number of anilines is 3. The summed E-state index contributed by atoms with van der Waals surface area (Å²) in [5.41, 5.74) is 11.6. The van der Waals surface area contributed by atoms with E-state index in [0.717, 1.165) is 56.6 Å². The van der Waals surface area contributed by atoms with Gasteiger partial charge in [-0.3, -0.25) is 4.79 Å². The predicted molar refractivity (Wildman–Crippen MR) is 215 cm³/mol. The third-order valence-electron chi connectivity index (χ3n) is 10.7. The van der Waals surface area contributed by atoms with Crippen LogP contribution in [0.25, 0.3) is 54.6 Å². The Morgan fingerprint density at radius 1 is 0.788 bits per heavy atom. The molecule has 6 heteroatoms. The van der Waals surface area contributed by atoms with E-state index in [2.05, 4.69) is 157 Å². The highest BCUT2D eigenvalue weighted by molar-refractivity contribution is 7.16. The van der Waals surface area contributed by atoms with Gasteiger partial charge in [0.25, 0.3) is 5.70 Å². The molecule has 0 atom stereocenters. The zero-order valence-corrected chi connectivity index (χ0v) is 30.1. The van der Waals surface area contributed by atoms with Crippen molar-refractivity contribution in [2.24, 2.45) is 7.05 Å². The predicted octanol–water partition coefficient (Wildman–Crippen LogP) is 12.5. The summed E-state index contributed by atoms with van der Waals surface area (Å²) in [5, 5.41) is 11.7. The molecular formula is C46H37N3O2S. The summed E-state index contributed by atoms with van der Waals surface area (Å²) >= 11 is 1.48. The summed E-state index contributed by atoms with van der Waals surface area (Å²) in [6.45, 7) is 11.8. The highest BCUT2D eigenvalue weighted by atomic mass is 32.1. The summed E-state index contributed by atoms with van der Waals surface area (Å²) < 4.78 is 2.20. The Bertz CT molecular complexity index is 2560. The van der Waals surface area contributed by atoms with Crippen molar-refractivity contribution >= 4 is 51.2 Å². The van der Waals surface area contributed by atoms with Gasteiger partial charge in [0.05, 0.1) is 22.8 Å². The Labute approximate surface area is 308 Å². The number of hydrogen-bond acceptors (Lipinski definition) is 3. The van der Waals surface area contributed by atoms with Crippen LogP contribution in [0.3, 0.4) is 0 Å². The molecule has 0 unspecified atom stereocenters. The Morgan fingerprint density at radius 2 is 1.48 bits per heavy atom. The van der Waals surface area contributed by atoms with Gasteiger partial charge in [0, 0.05) is 39.8 Å². The molecule has 2 heterocycles. The van der Waals surface area contributed by atoms with E-state index in [1.54, 1.807) is 0 Å². The lowest BCUT2D eigenvalue weighted by Crippen LogP contribution is -2.23. The van der Waals surface area contributed by atoms with Crippen LogP contribution in [-0.4, -0.2) is 15.6 Å². The van der Waals surface area contributed by atoms with E-state index in [9.17, 15) is 9.90 Å². The molecule has 1 aliphatic rings. The van der Waals surface area contributed by atoms with E-state index in [-0.39, 0.29) is 11.1 Å². The Hall–Kier alpha value is -6.16. The lowest BCUT2D eigenvalue weighted by Gasteiger charge is -2.32. The molecule has 8 rings (SSSR count). The standard InChI is InChI=1S/C46H37N3O2S/c1-5-46(6-2)38-27-31(41-24-25-43(48(41)4)44-26-21-34(52-44)29-40(47-3)45(50)51)19-22-36(38)37-23-20-33(28-39(37)46)49(32-15-8-7-9-16-32)42-18-12-14-30-13-10-11-17-35(30)42/h7-29H,5-6H2,1-2,4H3,(H,50,51). The van der Waals surface area contributed by atoms with Crippen molar-refractivity contribution in [3.05, 3.63) is 167 Å². The fraction of sp³-hybridized carbons (Fsp3) is 0.130. The number of benzene rings is 5. The highest BCUT2D eigenvalue weighted by Crippen LogP contribution is 2.55. The number of para-hydroxylation sites is 1. The largest absolute Gasteiger partial charge is 0.486 e. The van der Waals surface area contributed by atoms with E-state index in [4.69, 9.17) is 6.57 Å². The van der Waals surface area contributed by atoms with Crippen LogP contribution < -0.4 is 4.90 Å². The van der Waals surface area contributed by atoms with Crippen LogP contribution in [0.4, 0.5) is 17.1 Å². The van der Waals surface area contributed by atoms with Crippen molar-refractivity contribution in [3.63, 3.8) is 0 Å². The lowest BCUT2D eigenvalue weighted by atomic mass is 9.73.